The number of nitrogens with one attached hydrogen (secondary N) is 1. The van der Waals surface area contributed by atoms with Crippen LogP contribution in [-0.2, 0) is 4.74 Å². The fraction of sp³-hybridized carbons (Fsp3) is 0.583. The lowest BCUT2D eigenvalue weighted by Crippen LogP contribution is -2.44. The second-order valence-electron chi connectivity index (χ2n) is 4.31. The van der Waals surface area contributed by atoms with Gasteiger partial charge in [-0.15, -0.1) is 0 Å². The molecule has 0 bridgehead atoms. The second kappa shape index (κ2) is 5.84. The van der Waals surface area contributed by atoms with Crippen LogP contribution in [0.1, 0.15) is 13.8 Å². The van der Waals surface area contributed by atoms with Crippen molar-refractivity contribution in [2.24, 2.45) is 5.92 Å². The number of ether oxygens (including phenoxy) is 1. The van der Waals surface area contributed by atoms with E-state index in [0.29, 0.717) is 12.2 Å². The highest BCUT2D eigenvalue weighted by Crippen LogP contribution is 2.16. The monoisotopic (exact) mass is 240 g/mol. The van der Waals surface area contributed by atoms with Gasteiger partial charge >= 0.3 is 6.03 Å². The smallest absolute Gasteiger partial charge is 0.325 e. The summed E-state index contributed by atoms with van der Waals surface area (Å²) in [6, 6.07) is -0.194. The Morgan fingerprint density at radius 1 is 1.65 bits per heavy atom. The Bertz CT molecular complexity index is 335. The van der Waals surface area contributed by atoms with Crippen molar-refractivity contribution >= 4 is 6.03 Å². The van der Waals surface area contributed by atoms with Crippen molar-refractivity contribution in [1.82, 2.24) is 10.2 Å². The van der Waals surface area contributed by atoms with Gasteiger partial charge in [0.25, 0.3) is 0 Å². The lowest BCUT2D eigenvalue weighted by molar-refractivity contribution is 0.00797. The fourth-order valence-corrected chi connectivity index (χ4v) is 1.72. The molecule has 0 aromatic rings. The zero-order chi connectivity index (χ0) is 13.0. The van der Waals surface area contributed by atoms with Crippen molar-refractivity contribution < 1.29 is 14.6 Å². The van der Waals surface area contributed by atoms with Gasteiger partial charge in [0.05, 0.1) is 12.7 Å². The highest BCUT2D eigenvalue weighted by molar-refractivity contribution is 5.80. The molecule has 0 aromatic heterocycles. The van der Waals surface area contributed by atoms with Gasteiger partial charge in [-0.1, -0.05) is 13.5 Å². The molecule has 2 amide bonds. The molecule has 0 aromatic carbocycles. The first-order chi connectivity index (χ1) is 7.99. The summed E-state index contributed by atoms with van der Waals surface area (Å²) in [7, 11) is 1.55. The number of carbonyl (C=O) groups is 1. The van der Waals surface area contributed by atoms with Gasteiger partial charge in [-0.25, -0.2) is 4.79 Å². The molecule has 2 N–H and O–H groups in total. The van der Waals surface area contributed by atoms with Crippen LogP contribution in [0.5, 0.6) is 0 Å². The van der Waals surface area contributed by atoms with E-state index in [4.69, 9.17) is 9.84 Å². The molecule has 0 spiro atoms. The van der Waals surface area contributed by atoms with Crippen LogP contribution in [0.3, 0.4) is 0 Å². The summed E-state index contributed by atoms with van der Waals surface area (Å²) in [5.74, 6) is 0.0474. The van der Waals surface area contributed by atoms with Gasteiger partial charge in [0.2, 0.25) is 0 Å². The molecule has 0 radical (unpaired) electrons. The molecular formula is C12H20N2O3. The largest absolute Gasteiger partial charge is 0.394 e. The van der Waals surface area contributed by atoms with E-state index in [2.05, 4.69) is 11.9 Å². The van der Waals surface area contributed by atoms with Crippen LogP contribution in [0.2, 0.25) is 0 Å². The molecule has 1 aliphatic rings. The Morgan fingerprint density at radius 3 is 2.82 bits per heavy atom. The minimum atomic E-state index is -0.262. The summed E-state index contributed by atoms with van der Waals surface area (Å²) in [4.78, 5) is 13.3. The Hall–Kier alpha value is -1.33. The third-order valence-electron chi connectivity index (χ3n) is 2.95. The third kappa shape index (κ3) is 3.31. The van der Waals surface area contributed by atoms with Crippen molar-refractivity contribution in [2.75, 3.05) is 20.3 Å². The van der Waals surface area contributed by atoms with Crippen molar-refractivity contribution in [3.05, 3.63) is 24.0 Å². The van der Waals surface area contributed by atoms with Crippen LogP contribution in [0, 0.1) is 5.92 Å². The molecule has 96 valence electrons. The molecule has 5 heteroatoms. The van der Waals surface area contributed by atoms with E-state index in [9.17, 15) is 4.79 Å². The maximum absolute atomic E-state index is 11.7. The molecule has 5 nitrogen and oxygen atoms in total. The number of carbonyl (C=O) groups excluding carboxylic acids is 1. The molecule has 0 saturated heterocycles. The lowest BCUT2D eigenvalue weighted by atomic mass is 10.0. The number of allylic oxidation sites excluding steroid dienone is 1. The standard InChI is InChI=1S/C12H20N2O3/c1-8-5-14(12(16)13-10(8)3)6-9(2)11(7-15)17-4/h5,9,11,15H,3,6-7H2,1-2,4H3,(H,13,16). The van der Waals surface area contributed by atoms with Crippen LogP contribution < -0.4 is 5.32 Å². The first-order valence-electron chi connectivity index (χ1n) is 5.58. The van der Waals surface area contributed by atoms with E-state index in [1.807, 2.05) is 13.8 Å². The van der Waals surface area contributed by atoms with Gasteiger partial charge in [-0.2, -0.15) is 0 Å². The Labute approximate surface area is 102 Å². The van der Waals surface area contributed by atoms with E-state index in [0.717, 1.165) is 5.57 Å². The van der Waals surface area contributed by atoms with Gasteiger partial charge < -0.3 is 20.1 Å². The van der Waals surface area contributed by atoms with Crippen LogP contribution in [0.15, 0.2) is 24.0 Å². The highest BCUT2D eigenvalue weighted by atomic mass is 16.5. The van der Waals surface area contributed by atoms with Crippen molar-refractivity contribution in [3.63, 3.8) is 0 Å². The lowest BCUT2D eigenvalue weighted by Gasteiger charge is -2.30. The van der Waals surface area contributed by atoms with Gasteiger partial charge in [0.15, 0.2) is 0 Å². The minimum absolute atomic E-state index is 0.0474. The number of urea groups is 1. The Morgan fingerprint density at radius 2 is 2.29 bits per heavy atom. The Kier molecular flexibility index (Phi) is 4.72. The number of amides is 2. The van der Waals surface area contributed by atoms with Crippen LogP contribution in [-0.4, -0.2) is 42.4 Å². The Balaban J connectivity index is 2.68. The molecule has 0 aliphatic carbocycles. The van der Waals surface area contributed by atoms with Gasteiger partial charge in [0, 0.05) is 31.5 Å². The molecule has 0 saturated carbocycles. The van der Waals surface area contributed by atoms with Crippen LogP contribution >= 0.6 is 0 Å². The maximum atomic E-state index is 11.7. The number of methoxy groups -OCH3 is 1. The molecule has 1 heterocycles. The SMILES string of the molecule is C=C1NC(=O)N(CC(C)C(CO)OC)C=C1C. The van der Waals surface area contributed by atoms with Crippen molar-refractivity contribution in [1.29, 1.82) is 0 Å². The van der Waals surface area contributed by atoms with Gasteiger partial charge in [0.1, 0.15) is 0 Å². The molecule has 1 aliphatic heterocycles. The summed E-state index contributed by atoms with van der Waals surface area (Å²) >= 11 is 0. The first-order valence-corrected chi connectivity index (χ1v) is 5.58. The van der Waals surface area contributed by atoms with E-state index in [1.54, 1.807) is 18.2 Å². The third-order valence-corrected chi connectivity index (χ3v) is 2.95. The first kappa shape index (κ1) is 13.7. The average molecular weight is 240 g/mol. The van der Waals surface area contributed by atoms with Crippen LogP contribution in [0.4, 0.5) is 4.79 Å². The molecule has 0 fully saturated rings. The number of hydrogen-bond acceptors (Lipinski definition) is 3. The minimum Gasteiger partial charge on any atom is -0.394 e. The quantitative estimate of drug-likeness (QED) is 0.755. The summed E-state index contributed by atoms with van der Waals surface area (Å²) < 4.78 is 5.14. The zero-order valence-corrected chi connectivity index (χ0v) is 10.6. The second-order valence-corrected chi connectivity index (χ2v) is 4.31. The van der Waals surface area contributed by atoms with Crippen molar-refractivity contribution in [2.45, 2.75) is 20.0 Å². The van der Waals surface area contributed by atoms with Gasteiger partial charge in [-0.3, -0.25) is 0 Å². The summed E-state index contributed by atoms with van der Waals surface area (Å²) in [6.45, 7) is 8.00. The zero-order valence-electron chi connectivity index (χ0n) is 10.6. The molecule has 1 rings (SSSR count). The molecule has 17 heavy (non-hydrogen) atoms. The van der Waals surface area contributed by atoms with E-state index in [-0.39, 0.29) is 24.7 Å². The predicted octanol–water partition coefficient (Wildman–Crippen LogP) is 1.07. The van der Waals surface area contributed by atoms with Crippen molar-refractivity contribution in [3.8, 4) is 0 Å². The van der Waals surface area contributed by atoms with Gasteiger partial charge in [-0.05, 0) is 12.5 Å². The predicted molar refractivity (Wildman–Crippen MR) is 65.2 cm³/mol. The fourth-order valence-electron chi connectivity index (χ4n) is 1.72. The van der Waals surface area contributed by atoms with Crippen LogP contribution in [0.25, 0.3) is 0 Å². The molecule has 2 atom stereocenters. The number of hydrogen-bond donors (Lipinski definition) is 2. The summed E-state index contributed by atoms with van der Waals surface area (Å²) in [6.07, 6.45) is 1.50. The van der Waals surface area contributed by atoms with E-state index in [1.165, 1.54) is 0 Å². The topological polar surface area (TPSA) is 61.8 Å². The molecular weight excluding hydrogens is 220 g/mol. The maximum Gasteiger partial charge on any atom is 0.325 e. The summed E-state index contributed by atoms with van der Waals surface area (Å²) in [5, 5.41) is 11.8. The van der Waals surface area contributed by atoms with E-state index >= 15 is 0 Å². The van der Waals surface area contributed by atoms with E-state index < -0.39 is 0 Å². The average Bonchev–Trinajstić information content (AvgIpc) is 2.27. The number of nitrogens with zero attached hydrogens (tertiary/aromatic N) is 1. The number of rotatable bonds is 5. The highest BCUT2D eigenvalue weighted by Gasteiger charge is 2.24. The normalized spacial score (nSPS) is 19.8. The molecule has 2 unspecified atom stereocenters. The summed E-state index contributed by atoms with van der Waals surface area (Å²) in [5.41, 5.74) is 1.55. The number of aliphatic hydroxyl groups excluding tert-OH is 1. The number of aliphatic hydroxyl groups is 1.